The van der Waals surface area contributed by atoms with E-state index in [1.165, 1.54) is 0 Å². The molecule has 2 atom stereocenters. The van der Waals surface area contributed by atoms with Gasteiger partial charge >= 0.3 is 7.83 Å². The minimum absolute atomic E-state index is 0.754. The van der Waals surface area contributed by atoms with Gasteiger partial charge in [-0.15, -0.1) is 8.39 Å². The summed E-state index contributed by atoms with van der Waals surface area (Å²) in [7, 11) is -11.5. The van der Waals surface area contributed by atoms with Crippen LogP contribution >= 0.6 is 23.7 Å². The standard InChI is InChI=1S/C3H8F4N3P3/c1-8-13(6,7)10-12(3,5)9-11(2)4/h1H2,2-3H3. The summed E-state index contributed by atoms with van der Waals surface area (Å²) in [4.78, 5) is 0. The van der Waals surface area contributed by atoms with Gasteiger partial charge in [-0.2, -0.15) is 13.2 Å². The highest BCUT2D eigenvalue weighted by atomic mass is 31.3. The van der Waals surface area contributed by atoms with E-state index < -0.39 is 23.7 Å². The lowest BCUT2D eigenvalue weighted by Gasteiger charge is -2.05. The number of nitrogens with zero attached hydrogens (tertiary/aromatic N) is 3. The summed E-state index contributed by atoms with van der Waals surface area (Å²) in [6.45, 7) is 4.33. The van der Waals surface area contributed by atoms with Crippen molar-refractivity contribution in [2.24, 2.45) is 13.8 Å². The first-order chi connectivity index (χ1) is 5.68. The normalized spacial score (nSPS) is 18.6. The van der Waals surface area contributed by atoms with Crippen LogP contribution in [0.25, 0.3) is 0 Å². The molecule has 0 amide bonds. The molecule has 0 saturated carbocycles. The fourth-order valence-electron chi connectivity index (χ4n) is 0.468. The van der Waals surface area contributed by atoms with Gasteiger partial charge in [0.1, 0.15) is 0 Å². The van der Waals surface area contributed by atoms with Crippen molar-refractivity contribution >= 4 is 30.4 Å². The molecule has 0 heterocycles. The van der Waals surface area contributed by atoms with E-state index in [0.717, 1.165) is 13.3 Å². The Morgan fingerprint density at radius 3 is 2.08 bits per heavy atom. The molecule has 0 aliphatic rings. The summed E-state index contributed by atoms with van der Waals surface area (Å²) in [5.74, 6) is 0. The van der Waals surface area contributed by atoms with Crippen molar-refractivity contribution in [1.82, 2.24) is 0 Å². The van der Waals surface area contributed by atoms with Crippen LogP contribution in [0.1, 0.15) is 0 Å². The molecular weight excluding hydrogens is 247 g/mol. The SMILES string of the molecule is C=NP(F)(F)=NP(C)(F)=NP(C)F. The minimum Gasteiger partial charge on any atom is -0.205 e. The van der Waals surface area contributed by atoms with E-state index in [0.29, 0.717) is 0 Å². The molecule has 78 valence electrons. The topological polar surface area (TPSA) is 37.1 Å². The van der Waals surface area contributed by atoms with Crippen LogP contribution in [-0.4, -0.2) is 20.0 Å². The van der Waals surface area contributed by atoms with Gasteiger partial charge in [0.25, 0.3) is 0 Å². The number of hydrogen-bond acceptors (Lipinski definition) is 1. The summed E-state index contributed by atoms with van der Waals surface area (Å²) in [5, 5.41) is 0. The highest BCUT2D eigenvalue weighted by Crippen LogP contribution is 2.68. The Morgan fingerprint density at radius 1 is 1.31 bits per heavy atom. The lowest BCUT2D eigenvalue weighted by Crippen LogP contribution is -1.63. The largest absolute Gasteiger partial charge is 0.418 e. The van der Waals surface area contributed by atoms with Crippen LogP contribution in [0.5, 0.6) is 0 Å². The Balaban J connectivity index is 5.10. The quantitative estimate of drug-likeness (QED) is 0.381. The summed E-state index contributed by atoms with van der Waals surface area (Å²) in [6, 6.07) is 0. The van der Waals surface area contributed by atoms with E-state index in [9.17, 15) is 16.8 Å². The van der Waals surface area contributed by atoms with E-state index in [4.69, 9.17) is 0 Å². The monoisotopic (exact) mass is 255 g/mol. The van der Waals surface area contributed by atoms with Crippen molar-refractivity contribution in [3.8, 4) is 0 Å². The van der Waals surface area contributed by atoms with Gasteiger partial charge in [0.2, 0.25) is 15.9 Å². The van der Waals surface area contributed by atoms with Gasteiger partial charge in [0.15, 0.2) is 0 Å². The Labute approximate surface area is 75.2 Å². The maximum absolute atomic E-state index is 13.0. The summed E-state index contributed by atoms with van der Waals surface area (Å²) in [5.41, 5.74) is 0. The summed E-state index contributed by atoms with van der Waals surface area (Å²) < 4.78 is 57.9. The first kappa shape index (κ1) is 13.3. The number of rotatable bonds is 3. The molecule has 0 aromatic heterocycles. The van der Waals surface area contributed by atoms with E-state index in [1.807, 2.05) is 0 Å². The Kier molecular flexibility index (Phi) is 4.78. The maximum atomic E-state index is 13.0. The molecule has 2 unspecified atom stereocenters. The predicted molar refractivity (Wildman–Crippen MR) is 51.4 cm³/mol. The van der Waals surface area contributed by atoms with E-state index in [-0.39, 0.29) is 0 Å². The zero-order valence-corrected chi connectivity index (χ0v) is 9.59. The van der Waals surface area contributed by atoms with Crippen LogP contribution in [-0.2, 0) is 0 Å². The third kappa shape index (κ3) is 6.36. The smallest absolute Gasteiger partial charge is 0.205 e. The van der Waals surface area contributed by atoms with Crippen LogP contribution < -0.4 is 0 Å². The lowest BCUT2D eigenvalue weighted by atomic mass is 11.8. The van der Waals surface area contributed by atoms with Crippen molar-refractivity contribution in [2.75, 3.05) is 13.3 Å². The molecule has 0 rings (SSSR count). The zero-order valence-electron chi connectivity index (χ0n) is 6.90. The van der Waals surface area contributed by atoms with Crippen LogP contribution in [0.15, 0.2) is 13.8 Å². The third-order valence-corrected chi connectivity index (χ3v) is 5.53. The lowest BCUT2D eigenvalue weighted by molar-refractivity contribution is 0.725. The second-order valence-corrected chi connectivity index (χ2v) is 7.16. The minimum atomic E-state index is -5.04. The van der Waals surface area contributed by atoms with Crippen molar-refractivity contribution in [1.29, 1.82) is 0 Å². The van der Waals surface area contributed by atoms with Crippen LogP contribution in [0, 0.1) is 0 Å². The fraction of sp³-hybridized carbons (Fsp3) is 0.667. The predicted octanol–water partition coefficient (Wildman–Crippen LogP) is 5.11. The molecule has 10 heteroatoms. The third-order valence-electron chi connectivity index (χ3n) is 0.728. The zero-order chi connectivity index (χ0) is 10.7. The van der Waals surface area contributed by atoms with Crippen molar-refractivity contribution in [3.63, 3.8) is 0 Å². The molecule has 0 radical (unpaired) electrons. The van der Waals surface area contributed by atoms with E-state index >= 15 is 0 Å². The molecule has 13 heavy (non-hydrogen) atoms. The summed E-state index contributed by atoms with van der Waals surface area (Å²) >= 11 is 0. The van der Waals surface area contributed by atoms with Gasteiger partial charge in [0, 0.05) is 13.3 Å². The highest BCUT2D eigenvalue weighted by molar-refractivity contribution is 7.72. The van der Waals surface area contributed by atoms with E-state index in [1.54, 1.807) is 0 Å². The number of hydrogen-bond donors (Lipinski definition) is 0. The molecule has 3 nitrogen and oxygen atoms in total. The summed E-state index contributed by atoms with van der Waals surface area (Å²) in [6.07, 6.45) is 0. The van der Waals surface area contributed by atoms with Crippen LogP contribution in [0.4, 0.5) is 16.8 Å². The molecule has 0 aliphatic heterocycles. The van der Waals surface area contributed by atoms with Gasteiger partial charge < -0.3 is 0 Å². The molecule has 0 N–H and O–H groups in total. The van der Waals surface area contributed by atoms with Gasteiger partial charge in [-0.25, -0.2) is 8.96 Å². The van der Waals surface area contributed by atoms with Crippen molar-refractivity contribution in [2.45, 2.75) is 0 Å². The maximum Gasteiger partial charge on any atom is 0.418 e. The van der Waals surface area contributed by atoms with Gasteiger partial charge in [0.05, 0.1) is 0 Å². The Hall–Kier alpha value is 0.280. The average Bonchev–Trinajstić information content (AvgIpc) is 1.81. The average molecular weight is 255 g/mol. The van der Waals surface area contributed by atoms with Crippen LogP contribution in [0.2, 0.25) is 0 Å². The van der Waals surface area contributed by atoms with Gasteiger partial charge in [-0.1, -0.05) is 0 Å². The molecule has 0 aromatic carbocycles. The molecule has 0 bridgehead atoms. The fourth-order valence-corrected chi connectivity index (χ4v) is 4.53. The molecule has 0 aromatic rings. The molecule has 0 spiro atoms. The highest BCUT2D eigenvalue weighted by Gasteiger charge is 2.21. The number of halogens is 4. The Bertz CT molecular complexity index is 288. The van der Waals surface area contributed by atoms with Gasteiger partial charge in [-0.05, 0) is 6.72 Å². The molecule has 0 saturated heterocycles. The molecule has 0 aliphatic carbocycles. The second kappa shape index (κ2) is 4.68. The molecule has 0 fully saturated rings. The van der Waals surface area contributed by atoms with Crippen LogP contribution in [0.3, 0.4) is 0 Å². The van der Waals surface area contributed by atoms with Crippen molar-refractivity contribution < 1.29 is 16.8 Å². The Morgan fingerprint density at radius 2 is 1.77 bits per heavy atom. The first-order valence-electron chi connectivity index (χ1n) is 2.89. The van der Waals surface area contributed by atoms with E-state index in [2.05, 4.69) is 20.5 Å². The second-order valence-electron chi connectivity index (χ2n) is 2.03. The van der Waals surface area contributed by atoms with Gasteiger partial charge in [-0.3, -0.25) is 0 Å². The first-order valence-corrected chi connectivity index (χ1v) is 8.03. The molecular formula is C3H8F4N3P3. The van der Waals surface area contributed by atoms with Crippen molar-refractivity contribution in [3.05, 3.63) is 0 Å².